The van der Waals surface area contributed by atoms with E-state index in [2.05, 4.69) is 18.2 Å². The van der Waals surface area contributed by atoms with Crippen molar-refractivity contribution in [2.45, 2.75) is 102 Å². The van der Waals surface area contributed by atoms with Gasteiger partial charge in [-0.3, -0.25) is 5.32 Å². The third kappa shape index (κ3) is 7.34. The predicted molar refractivity (Wildman–Crippen MR) is 93.2 cm³/mol. The Morgan fingerprint density at radius 2 is 1.48 bits per heavy atom. The lowest BCUT2D eigenvalue weighted by Gasteiger charge is -2.37. The molecule has 1 saturated carbocycles. The Kier molecular flexibility index (Phi) is 9.79. The Balaban J connectivity index is 2.63. The zero-order valence-electron chi connectivity index (χ0n) is 14.1. The molecule has 2 heteroatoms. The summed E-state index contributed by atoms with van der Waals surface area (Å²) in [6.45, 7) is 2.91. The molecule has 1 unspecified atom stereocenters. The summed E-state index contributed by atoms with van der Waals surface area (Å²) in [5.74, 6) is 2.93. The molecule has 3 N–H and O–H groups in total. The first-order valence-corrected chi connectivity index (χ1v) is 9.20. The molecule has 0 aromatic heterocycles. The molecular formula is C19H36N2. The van der Waals surface area contributed by atoms with Crippen LogP contribution >= 0.6 is 0 Å². The van der Waals surface area contributed by atoms with E-state index in [1.165, 1.54) is 70.6 Å². The largest absolute Gasteiger partial charge is 0.329 e. The summed E-state index contributed by atoms with van der Waals surface area (Å²) in [6.07, 6.45) is 22.5. The first-order valence-electron chi connectivity index (χ1n) is 9.20. The molecule has 122 valence electrons. The quantitative estimate of drug-likeness (QED) is 0.738. The van der Waals surface area contributed by atoms with Crippen LogP contribution in [0.5, 0.6) is 0 Å². The Hall–Kier alpha value is -0.520. The average Bonchev–Trinajstić information content (AvgIpc) is 2.49. The van der Waals surface area contributed by atoms with Gasteiger partial charge in [0.15, 0.2) is 0 Å². The molecule has 0 aromatic carbocycles. The minimum Gasteiger partial charge on any atom is -0.329 e. The number of terminal acetylenes is 1. The molecule has 1 atom stereocenters. The van der Waals surface area contributed by atoms with E-state index in [1.807, 2.05) is 0 Å². The summed E-state index contributed by atoms with van der Waals surface area (Å²) in [5, 5.41) is 3.76. The fourth-order valence-corrected chi connectivity index (χ4v) is 3.55. The summed E-state index contributed by atoms with van der Waals surface area (Å²) in [6, 6.07) is 0.187. The molecule has 0 radical (unpaired) electrons. The van der Waals surface area contributed by atoms with Crippen LogP contribution in [0.15, 0.2) is 0 Å². The number of rotatable bonds is 5. The second-order valence-electron chi connectivity index (χ2n) is 6.82. The molecule has 0 aliphatic heterocycles. The van der Waals surface area contributed by atoms with Gasteiger partial charge in [0.2, 0.25) is 0 Å². The van der Waals surface area contributed by atoms with E-state index in [0.717, 1.165) is 19.4 Å². The van der Waals surface area contributed by atoms with Gasteiger partial charge in [0.05, 0.1) is 6.04 Å². The number of hydrogen-bond acceptors (Lipinski definition) is 2. The molecule has 2 nitrogen and oxygen atoms in total. The maximum absolute atomic E-state index is 6.19. The summed E-state index contributed by atoms with van der Waals surface area (Å²) >= 11 is 0. The van der Waals surface area contributed by atoms with Crippen LogP contribution in [-0.2, 0) is 0 Å². The van der Waals surface area contributed by atoms with Gasteiger partial charge in [-0.05, 0) is 19.3 Å². The zero-order chi connectivity index (χ0) is 15.4. The van der Waals surface area contributed by atoms with Crippen molar-refractivity contribution < 1.29 is 0 Å². The fraction of sp³-hybridized carbons (Fsp3) is 0.895. The molecular weight excluding hydrogens is 256 g/mol. The lowest BCUT2D eigenvalue weighted by molar-refractivity contribution is 0.250. The topological polar surface area (TPSA) is 38.0 Å². The summed E-state index contributed by atoms with van der Waals surface area (Å²) in [5.41, 5.74) is 6.26. The van der Waals surface area contributed by atoms with Crippen molar-refractivity contribution in [1.29, 1.82) is 0 Å². The van der Waals surface area contributed by atoms with E-state index in [4.69, 9.17) is 12.2 Å². The summed E-state index contributed by atoms with van der Waals surface area (Å²) < 4.78 is 0. The molecule has 1 fully saturated rings. The fourth-order valence-electron chi connectivity index (χ4n) is 3.55. The Labute approximate surface area is 132 Å². The van der Waals surface area contributed by atoms with Gasteiger partial charge >= 0.3 is 0 Å². The molecule has 1 rings (SSSR count). The van der Waals surface area contributed by atoms with Crippen LogP contribution in [0, 0.1) is 12.3 Å². The van der Waals surface area contributed by atoms with Crippen LogP contribution in [-0.4, -0.2) is 18.1 Å². The summed E-state index contributed by atoms with van der Waals surface area (Å²) in [4.78, 5) is 0. The lowest BCUT2D eigenvalue weighted by Crippen LogP contribution is -2.55. The number of nitrogens with one attached hydrogen (secondary N) is 1. The van der Waals surface area contributed by atoms with Gasteiger partial charge in [-0.2, -0.15) is 0 Å². The minimum absolute atomic E-state index is 0.0748. The molecule has 1 aliphatic rings. The van der Waals surface area contributed by atoms with Crippen molar-refractivity contribution in [2.24, 2.45) is 5.73 Å². The number of hydrogen-bond donors (Lipinski definition) is 2. The van der Waals surface area contributed by atoms with Gasteiger partial charge in [0, 0.05) is 12.1 Å². The van der Waals surface area contributed by atoms with Gasteiger partial charge in [-0.25, -0.2) is 0 Å². The monoisotopic (exact) mass is 292 g/mol. The van der Waals surface area contributed by atoms with Gasteiger partial charge in [-0.15, -0.1) is 6.42 Å². The second-order valence-corrected chi connectivity index (χ2v) is 6.82. The highest BCUT2D eigenvalue weighted by atomic mass is 15.0. The smallest absolute Gasteiger partial charge is 0.0691 e. The SMILES string of the molecule is C#CC(CCC)NC1(CN)CCCCCCCCCCC1. The highest BCUT2D eigenvalue weighted by Crippen LogP contribution is 2.25. The van der Waals surface area contributed by atoms with Crippen LogP contribution in [0.3, 0.4) is 0 Å². The van der Waals surface area contributed by atoms with Crippen molar-refractivity contribution in [3.63, 3.8) is 0 Å². The van der Waals surface area contributed by atoms with Crippen molar-refractivity contribution in [3.8, 4) is 12.3 Å². The summed E-state index contributed by atoms with van der Waals surface area (Å²) in [7, 11) is 0. The molecule has 21 heavy (non-hydrogen) atoms. The van der Waals surface area contributed by atoms with Crippen LogP contribution in [0.4, 0.5) is 0 Å². The van der Waals surface area contributed by atoms with Crippen molar-refractivity contribution >= 4 is 0 Å². The zero-order valence-corrected chi connectivity index (χ0v) is 14.1. The van der Waals surface area contributed by atoms with Crippen molar-refractivity contribution in [1.82, 2.24) is 5.32 Å². The van der Waals surface area contributed by atoms with Crippen LogP contribution < -0.4 is 11.1 Å². The van der Waals surface area contributed by atoms with Crippen LogP contribution in [0.2, 0.25) is 0 Å². The van der Waals surface area contributed by atoms with Gasteiger partial charge < -0.3 is 5.73 Å². The first kappa shape index (κ1) is 18.5. The third-order valence-electron chi connectivity index (χ3n) is 4.96. The molecule has 0 heterocycles. The average molecular weight is 293 g/mol. The van der Waals surface area contributed by atoms with E-state index < -0.39 is 0 Å². The Morgan fingerprint density at radius 3 is 1.86 bits per heavy atom. The van der Waals surface area contributed by atoms with Gasteiger partial charge in [-0.1, -0.05) is 77.1 Å². The molecule has 0 bridgehead atoms. The lowest BCUT2D eigenvalue weighted by atomic mass is 9.84. The number of nitrogens with two attached hydrogens (primary N) is 1. The predicted octanol–water partition coefficient (Wildman–Crippen LogP) is 4.38. The molecule has 0 amide bonds. The van der Waals surface area contributed by atoms with Crippen molar-refractivity contribution in [2.75, 3.05) is 6.54 Å². The highest BCUT2D eigenvalue weighted by molar-refractivity contribution is 5.04. The third-order valence-corrected chi connectivity index (χ3v) is 4.96. The van der Waals surface area contributed by atoms with Crippen LogP contribution in [0.25, 0.3) is 0 Å². The molecule has 0 saturated heterocycles. The highest BCUT2D eigenvalue weighted by Gasteiger charge is 2.29. The molecule has 0 spiro atoms. The first-order chi connectivity index (χ1) is 10.3. The van der Waals surface area contributed by atoms with Crippen LogP contribution in [0.1, 0.15) is 90.4 Å². The van der Waals surface area contributed by atoms with Gasteiger partial charge in [0.1, 0.15) is 0 Å². The molecule has 1 aliphatic carbocycles. The van der Waals surface area contributed by atoms with E-state index >= 15 is 0 Å². The maximum Gasteiger partial charge on any atom is 0.0691 e. The van der Waals surface area contributed by atoms with E-state index in [1.54, 1.807) is 0 Å². The van der Waals surface area contributed by atoms with E-state index in [9.17, 15) is 0 Å². The minimum atomic E-state index is 0.0748. The second kappa shape index (κ2) is 11.1. The maximum atomic E-state index is 6.19. The standard InChI is InChI=1S/C19H36N2/c1-3-14-18(4-2)21-19(17-20)15-12-10-8-6-5-7-9-11-13-16-19/h2,18,21H,3,5-17,20H2,1H3. The van der Waals surface area contributed by atoms with Gasteiger partial charge in [0.25, 0.3) is 0 Å². The van der Waals surface area contributed by atoms with E-state index in [-0.39, 0.29) is 11.6 Å². The Morgan fingerprint density at radius 1 is 1.00 bits per heavy atom. The normalized spacial score (nSPS) is 22.5. The van der Waals surface area contributed by atoms with E-state index in [0.29, 0.717) is 0 Å². The van der Waals surface area contributed by atoms with Crippen molar-refractivity contribution in [3.05, 3.63) is 0 Å². The Bertz CT molecular complexity index is 280. The molecule has 0 aromatic rings.